The highest BCUT2D eigenvalue weighted by Crippen LogP contribution is 2.25. The molecule has 0 unspecified atom stereocenters. The molecule has 2 amide bonds. The fourth-order valence-electron chi connectivity index (χ4n) is 1.63. The van der Waals surface area contributed by atoms with Gasteiger partial charge in [-0.15, -0.1) is 0 Å². The van der Waals surface area contributed by atoms with E-state index in [1.165, 1.54) is 12.1 Å². The number of phenolic OH excluding ortho intramolecular Hbond substituents is 2. The summed E-state index contributed by atoms with van der Waals surface area (Å²) < 4.78 is 9.60. The average molecular weight is 297 g/mol. The Morgan fingerprint density at radius 3 is 2.10 bits per heavy atom. The molecule has 0 bridgehead atoms. The molecule has 1 aromatic carbocycles. The molecule has 0 radical (unpaired) electrons. The van der Waals surface area contributed by atoms with Crippen LogP contribution in [0, 0.1) is 0 Å². The van der Waals surface area contributed by atoms with E-state index in [9.17, 15) is 19.8 Å². The van der Waals surface area contributed by atoms with Gasteiger partial charge in [-0.3, -0.25) is 0 Å². The third-order valence-corrected chi connectivity index (χ3v) is 2.64. The largest absolute Gasteiger partial charge is 0.504 e. The van der Waals surface area contributed by atoms with Crippen LogP contribution >= 0.6 is 0 Å². The maximum Gasteiger partial charge on any atom is 0.419 e. The molecule has 0 spiro atoms. The van der Waals surface area contributed by atoms with E-state index in [1.807, 2.05) is 0 Å². The minimum absolute atomic E-state index is 0.0435. The van der Waals surface area contributed by atoms with Crippen LogP contribution in [0.2, 0.25) is 0 Å². The van der Waals surface area contributed by atoms with Gasteiger partial charge in [0, 0.05) is 6.54 Å². The lowest BCUT2D eigenvalue weighted by Gasteiger charge is -2.19. The topological polar surface area (TPSA) is 96.3 Å². The van der Waals surface area contributed by atoms with Gasteiger partial charge in [0.05, 0.1) is 13.2 Å². The number of nitrogens with zero attached hydrogens (tertiary/aromatic N) is 1. The molecule has 0 heterocycles. The second-order valence-corrected chi connectivity index (χ2v) is 4.12. The molecular weight excluding hydrogens is 278 g/mol. The molecule has 0 aliphatic heterocycles. The maximum atomic E-state index is 11.7. The lowest BCUT2D eigenvalue weighted by molar-refractivity contribution is 0.0817. The van der Waals surface area contributed by atoms with Gasteiger partial charge >= 0.3 is 12.2 Å². The van der Waals surface area contributed by atoms with Crippen LogP contribution in [0.5, 0.6) is 11.5 Å². The smallest absolute Gasteiger partial charge is 0.419 e. The Kier molecular flexibility index (Phi) is 6.32. The quantitative estimate of drug-likeness (QED) is 0.809. The Hall–Kier alpha value is -2.44. The second-order valence-electron chi connectivity index (χ2n) is 4.12. The number of imide groups is 1. The molecular formula is C14H19NO6. The van der Waals surface area contributed by atoms with Crippen molar-refractivity contribution in [1.29, 1.82) is 0 Å². The van der Waals surface area contributed by atoms with E-state index in [4.69, 9.17) is 9.47 Å². The molecule has 0 aromatic heterocycles. The minimum atomic E-state index is -0.779. The summed E-state index contributed by atoms with van der Waals surface area (Å²) in [5.41, 5.74) is 0.656. The monoisotopic (exact) mass is 297 g/mol. The molecule has 7 nitrogen and oxygen atoms in total. The first-order valence-corrected chi connectivity index (χ1v) is 6.61. The van der Waals surface area contributed by atoms with E-state index >= 15 is 0 Å². The zero-order valence-electron chi connectivity index (χ0n) is 12.0. The first-order chi connectivity index (χ1) is 9.99. The van der Waals surface area contributed by atoms with Crippen LogP contribution in [0.1, 0.15) is 19.4 Å². The molecule has 1 aromatic rings. The molecule has 0 saturated carbocycles. The molecule has 0 aliphatic carbocycles. The third-order valence-electron chi connectivity index (χ3n) is 2.64. The summed E-state index contributed by atoms with van der Waals surface area (Å²) in [5, 5.41) is 18.6. The Balaban J connectivity index is 2.73. The van der Waals surface area contributed by atoms with Crippen molar-refractivity contribution in [2.75, 3.05) is 19.8 Å². The molecule has 116 valence electrons. The lowest BCUT2D eigenvalue weighted by Crippen LogP contribution is -2.39. The summed E-state index contributed by atoms with van der Waals surface area (Å²) in [6.07, 6.45) is -1.26. The number of amides is 2. The first kappa shape index (κ1) is 16.6. The number of rotatable bonds is 5. The SMILES string of the molecule is CCOC(=O)N(CCc1ccc(O)c(O)c1)C(=O)OCC. The van der Waals surface area contributed by atoms with Gasteiger partial charge in [0.1, 0.15) is 0 Å². The lowest BCUT2D eigenvalue weighted by atomic mass is 10.1. The van der Waals surface area contributed by atoms with Crippen molar-refractivity contribution in [3.63, 3.8) is 0 Å². The van der Waals surface area contributed by atoms with Crippen molar-refractivity contribution in [3.05, 3.63) is 23.8 Å². The van der Waals surface area contributed by atoms with E-state index in [-0.39, 0.29) is 31.3 Å². The Bertz CT molecular complexity index is 484. The summed E-state index contributed by atoms with van der Waals surface area (Å²) >= 11 is 0. The summed E-state index contributed by atoms with van der Waals surface area (Å²) in [5.74, 6) is -0.488. The number of ether oxygens (including phenoxy) is 2. The van der Waals surface area contributed by atoms with E-state index in [2.05, 4.69) is 0 Å². The van der Waals surface area contributed by atoms with Crippen LogP contribution in [0.25, 0.3) is 0 Å². The molecule has 0 aliphatic rings. The maximum absolute atomic E-state index is 11.7. The van der Waals surface area contributed by atoms with Gasteiger partial charge in [-0.25, -0.2) is 14.5 Å². The second kappa shape index (κ2) is 7.98. The van der Waals surface area contributed by atoms with Gasteiger partial charge in [-0.2, -0.15) is 0 Å². The zero-order chi connectivity index (χ0) is 15.8. The molecule has 0 fully saturated rings. The van der Waals surface area contributed by atoms with Crippen molar-refractivity contribution in [1.82, 2.24) is 4.90 Å². The predicted octanol–water partition coefficient (Wildman–Crippen LogP) is 2.26. The van der Waals surface area contributed by atoms with Crippen LogP contribution in [0.15, 0.2) is 18.2 Å². The van der Waals surface area contributed by atoms with Crippen LogP contribution in [0.3, 0.4) is 0 Å². The van der Waals surface area contributed by atoms with Gasteiger partial charge in [0.25, 0.3) is 0 Å². The fraction of sp³-hybridized carbons (Fsp3) is 0.429. The van der Waals surface area contributed by atoms with E-state index < -0.39 is 12.2 Å². The van der Waals surface area contributed by atoms with Gasteiger partial charge in [-0.1, -0.05) is 6.07 Å². The number of aromatic hydroxyl groups is 2. The first-order valence-electron chi connectivity index (χ1n) is 6.61. The van der Waals surface area contributed by atoms with Crippen LogP contribution in [0.4, 0.5) is 9.59 Å². The highest BCUT2D eigenvalue weighted by Gasteiger charge is 2.23. The van der Waals surface area contributed by atoms with Crippen molar-refractivity contribution in [3.8, 4) is 11.5 Å². The van der Waals surface area contributed by atoms with Crippen LogP contribution in [-0.2, 0) is 15.9 Å². The molecule has 2 N–H and O–H groups in total. The number of carbonyl (C=O) groups is 2. The van der Waals surface area contributed by atoms with Crippen molar-refractivity contribution < 1.29 is 29.3 Å². The number of carbonyl (C=O) groups excluding carboxylic acids is 2. The normalized spacial score (nSPS) is 10.0. The zero-order valence-corrected chi connectivity index (χ0v) is 12.0. The summed E-state index contributed by atoms with van der Waals surface area (Å²) in [6, 6.07) is 4.29. The summed E-state index contributed by atoms with van der Waals surface area (Å²) in [7, 11) is 0. The molecule has 0 saturated heterocycles. The average Bonchev–Trinajstić information content (AvgIpc) is 2.43. The predicted molar refractivity (Wildman–Crippen MR) is 74.2 cm³/mol. The Morgan fingerprint density at radius 1 is 1.05 bits per heavy atom. The molecule has 0 atom stereocenters. The highest BCUT2D eigenvalue weighted by atomic mass is 16.6. The number of hydrogen-bond acceptors (Lipinski definition) is 6. The van der Waals surface area contributed by atoms with Crippen molar-refractivity contribution in [2.45, 2.75) is 20.3 Å². The van der Waals surface area contributed by atoms with Crippen LogP contribution < -0.4 is 0 Å². The standard InChI is InChI=1S/C14H19NO6/c1-3-20-13(18)15(14(19)21-4-2)8-7-10-5-6-11(16)12(17)9-10/h5-6,9,16-17H,3-4,7-8H2,1-2H3. The number of hydrogen-bond donors (Lipinski definition) is 2. The van der Waals surface area contributed by atoms with E-state index in [1.54, 1.807) is 19.9 Å². The van der Waals surface area contributed by atoms with E-state index in [0.717, 1.165) is 4.90 Å². The van der Waals surface area contributed by atoms with Gasteiger partial charge in [0.15, 0.2) is 11.5 Å². The Labute approximate surface area is 122 Å². The van der Waals surface area contributed by atoms with Crippen molar-refractivity contribution in [2.24, 2.45) is 0 Å². The summed E-state index contributed by atoms with van der Waals surface area (Å²) in [4.78, 5) is 24.3. The third kappa shape index (κ3) is 4.87. The van der Waals surface area contributed by atoms with Crippen LogP contribution in [-0.4, -0.2) is 47.1 Å². The number of phenols is 2. The molecule has 1 rings (SSSR count). The Morgan fingerprint density at radius 2 is 1.62 bits per heavy atom. The fourth-order valence-corrected chi connectivity index (χ4v) is 1.63. The molecule has 7 heteroatoms. The van der Waals surface area contributed by atoms with Gasteiger partial charge in [-0.05, 0) is 38.0 Å². The number of benzene rings is 1. The molecule has 21 heavy (non-hydrogen) atoms. The minimum Gasteiger partial charge on any atom is -0.504 e. The highest BCUT2D eigenvalue weighted by molar-refractivity contribution is 5.87. The van der Waals surface area contributed by atoms with Crippen molar-refractivity contribution >= 4 is 12.2 Å². The summed E-state index contributed by atoms with van der Waals surface area (Å²) in [6.45, 7) is 3.61. The van der Waals surface area contributed by atoms with Gasteiger partial charge < -0.3 is 19.7 Å². The van der Waals surface area contributed by atoms with E-state index in [0.29, 0.717) is 12.0 Å². The van der Waals surface area contributed by atoms with Gasteiger partial charge in [0.2, 0.25) is 0 Å².